The van der Waals surface area contributed by atoms with E-state index in [1.165, 1.54) is 0 Å². The third-order valence-corrected chi connectivity index (χ3v) is 7.01. The average molecular weight is 339 g/mol. The van der Waals surface area contributed by atoms with Crippen LogP contribution in [-0.2, 0) is 28.8 Å². The van der Waals surface area contributed by atoms with E-state index in [4.69, 9.17) is 24.0 Å². The number of esters is 1. The maximum absolute atomic E-state index is 11.8. The van der Waals surface area contributed by atoms with Crippen molar-refractivity contribution in [1.29, 1.82) is 0 Å². The molecule has 2 bridgehead atoms. The van der Waals surface area contributed by atoms with E-state index in [-0.39, 0.29) is 24.3 Å². The molecule has 5 unspecified atom stereocenters. The van der Waals surface area contributed by atoms with Gasteiger partial charge in [-0.15, -0.1) is 0 Å². The van der Waals surface area contributed by atoms with Crippen LogP contribution >= 0.6 is 0 Å². The van der Waals surface area contributed by atoms with Gasteiger partial charge in [-0.05, 0) is 38.0 Å². The minimum atomic E-state index is -1.12. The molecule has 8 atom stereocenters. The van der Waals surface area contributed by atoms with Crippen molar-refractivity contribution in [2.45, 2.75) is 70.0 Å². The van der Waals surface area contributed by atoms with Crippen molar-refractivity contribution in [3.8, 4) is 0 Å². The van der Waals surface area contributed by atoms with Crippen LogP contribution in [0.4, 0.5) is 0 Å². The first-order valence-electron chi connectivity index (χ1n) is 9.08. The summed E-state index contributed by atoms with van der Waals surface area (Å²) in [4.78, 5) is 23.6. The van der Waals surface area contributed by atoms with Crippen LogP contribution in [0.5, 0.6) is 0 Å². The van der Waals surface area contributed by atoms with E-state index in [1.54, 1.807) is 0 Å². The highest BCUT2D eigenvalue weighted by molar-refractivity contribution is 5.74. The standard InChI is InChI=1S/C17H25NO6/c1-9-4-5-12-10(2)17(18-8-13(19)20-17)22-14-16(12)11(9)6-7-15(3,21-14)23-24-16/h9-12,14,18H,4-8H2,1-3H3/t9-,10?,11?,12?,14+,15+,16?,17?/m1/s1. The highest BCUT2D eigenvalue weighted by atomic mass is 17.3. The van der Waals surface area contributed by atoms with Gasteiger partial charge in [-0.2, -0.15) is 0 Å². The summed E-state index contributed by atoms with van der Waals surface area (Å²) in [7, 11) is 0. The van der Waals surface area contributed by atoms with Crippen LogP contribution in [0.1, 0.15) is 46.5 Å². The molecule has 2 spiro atoms. The normalized spacial score (nSPS) is 59.1. The number of carbonyl (C=O) groups is 1. The van der Waals surface area contributed by atoms with Crippen molar-refractivity contribution in [2.24, 2.45) is 23.7 Å². The van der Waals surface area contributed by atoms with E-state index in [0.717, 1.165) is 25.7 Å². The maximum atomic E-state index is 11.8. The molecule has 1 aliphatic carbocycles. The highest BCUT2D eigenvalue weighted by Gasteiger charge is 2.73. The minimum Gasteiger partial charge on any atom is -0.417 e. The lowest BCUT2D eigenvalue weighted by molar-refractivity contribution is -0.585. The van der Waals surface area contributed by atoms with Gasteiger partial charge in [0.05, 0.1) is 6.54 Å². The molecule has 5 saturated heterocycles. The Balaban J connectivity index is 1.62. The minimum absolute atomic E-state index is 0.0511. The van der Waals surface area contributed by atoms with Crippen molar-refractivity contribution in [3.05, 3.63) is 0 Å². The molecule has 0 aromatic rings. The zero-order chi connectivity index (χ0) is 16.7. The molecule has 0 aromatic carbocycles. The summed E-state index contributed by atoms with van der Waals surface area (Å²) < 4.78 is 18.1. The molecule has 7 nitrogen and oxygen atoms in total. The molecular formula is C17H25NO6. The van der Waals surface area contributed by atoms with E-state index >= 15 is 0 Å². The SMILES string of the molecule is CC1C2CC[C@@H](C)C3CC[C@]4(C)OOC23[C@H](OC12NCC(=O)O2)O4. The van der Waals surface area contributed by atoms with Gasteiger partial charge in [0.2, 0.25) is 5.79 Å². The number of fused-ring (bicyclic) bond motifs is 2. The van der Waals surface area contributed by atoms with Crippen LogP contribution in [0, 0.1) is 23.7 Å². The quantitative estimate of drug-likeness (QED) is 0.531. The topological polar surface area (TPSA) is 75.2 Å². The molecule has 5 heterocycles. The van der Waals surface area contributed by atoms with Crippen LogP contribution in [0.2, 0.25) is 0 Å². The van der Waals surface area contributed by atoms with E-state index in [2.05, 4.69) is 19.2 Å². The van der Waals surface area contributed by atoms with Gasteiger partial charge in [-0.25, -0.2) is 15.1 Å². The molecular weight excluding hydrogens is 314 g/mol. The van der Waals surface area contributed by atoms with E-state index in [1.807, 2.05) is 6.92 Å². The van der Waals surface area contributed by atoms with E-state index < -0.39 is 23.6 Å². The summed E-state index contributed by atoms with van der Waals surface area (Å²) in [5.41, 5.74) is -0.630. The number of ether oxygens (including phenoxy) is 3. The Bertz CT molecular complexity index is 585. The largest absolute Gasteiger partial charge is 0.417 e. The van der Waals surface area contributed by atoms with Crippen molar-refractivity contribution in [3.63, 3.8) is 0 Å². The first-order valence-corrected chi connectivity index (χ1v) is 9.08. The monoisotopic (exact) mass is 339 g/mol. The van der Waals surface area contributed by atoms with Crippen molar-refractivity contribution in [1.82, 2.24) is 5.32 Å². The van der Waals surface area contributed by atoms with Crippen LogP contribution in [0.25, 0.3) is 0 Å². The predicted molar refractivity (Wildman–Crippen MR) is 79.9 cm³/mol. The molecule has 7 heteroatoms. The molecule has 134 valence electrons. The number of carbonyl (C=O) groups excluding carboxylic acids is 1. The third-order valence-electron chi connectivity index (χ3n) is 7.01. The second-order valence-corrected chi connectivity index (χ2v) is 8.31. The summed E-state index contributed by atoms with van der Waals surface area (Å²) in [6, 6.07) is 0. The van der Waals surface area contributed by atoms with E-state index in [0.29, 0.717) is 11.8 Å². The first-order chi connectivity index (χ1) is 11.4. The lowest BCUT2D eigenvalue weighted by Crippen LogP contribution is -2.75. The van der Waals surface area contributed by atoms with Gasteiger partial charge in [0, 0.05) is 18.3 Å². The Hall–Kier alpha value is -0.730. The molecule has 1 saturated carbocycles. The van der Waals surface area contributed by atoms with Crippen molar-refractivity contribution in [2.75, 3.05) is 6.54 Å². The molecule has 6 fully saturated rings. The molecule has 0 radical (unpaired) electrons. The van der Waals surface area contributed by atoms with Crippen LogP contribution in [-0.4, -0.2) is 36.1 Å². The molecule has 5 aliphatic heterocycles. The number of hydrogen-bond acceptors (Lipinski definition) is 7. The van der Waals surface area contributed by atoms with Gasteiger partial charge >= 0.3 is 5.97 Å². The summed E-state index contributed by atoms with van der Waals surface area (Å²) in [6.45, 7) is 6.39. The number of rotatable bonds is 0. The second-order valence-electron chi connectivity index (χ2n) is 8.31. The van der Waals surface area contributed by atoms with Crippen molar-refractivity contribution >= 4 is 5.97 Å². The Morgan fingerprint density at radius 3 is 2.67 bits per heavy atom. The van der Waals surface area contributed by atoms with Gasteiger partial charge in [0.1, 0.15) is 0 Å². The van der Waals surface area contributed by atoms with Crippen LogP contribution in [0.3, 0.4) is 0 Å². The fourth-order valence-corrected chi connectivity index (χ4v) is 5.67. The summed E-state index contributed by atoms with van der Waals surface area (Å²) in [5.74, 6) is -1.32. The zero-order valence-corrected chi connectivity index (χ0v) is 14.4. The second kappa shape index (κ2) is 4.71. The zero-order valence-electron chi connectivity index (χ0n) is 14.4. The third kappa shape index (κ3) is 1.77. The van der Waals surface area contributed by atoms with Gasteiger partial charge in [-0.3, -0.25) is 9.53 Å². The fraction of sp³-hybridized carbons (Fsp3) is 0.941. The van der Waals surface area contributed by atoms with Crippen LogP contribution in [0.15, 0.2) is 0 Å². The summed E-state index contributed by atoms with van der Waals surface area (Å²) in [6.07, 6.45) is 3.25. The Morgan fingerprint density at radius 1 is 1.08 bits per heavy atom. The van der Waals surface area contributed by atoms with Crippen LogP contribution < -0.4 is 5.32 Å². The van der Waals surface area contributed by atoms with Gasteiger partial charge in [-0.1, -0.05) is 13.8 Å². The predicted octanol–water partition coefficient (Wildman–Crippen LogP) is 1.67. The molecule has 0 aromatic heterocycles. The van der Waals surface area contributed by atoms with Gasteiger partial charge in [0.15, 0.2) is 11.9 Å². The Morgan fingerprint density at radius 2 is 1.92 bits per heavy atom. The summed E-state index contributed by atoms with van der Waals surface area (Å²) >= 11 is 0. The molecule has 6 aliphatic rings. The first kappa shape index (κ1) is 15.5. The number of nitrogens with one attached hydrogen (secondary N) is 1. The molecule has 0 amide bonds. The average Bonchev–Trinajstić information content (AvgIpc) is 2.76. The Labute approximate surface area is 141 Å². The van der Waals surface area contributed by atoms with E-state index in [9.17, 15) is 4.79 Å². The lowest BCUT2D eigenvalue weighted by atomic mass is 9.57. The molecule has 6 rings (SSSR count). The van der Waals surface area contributed by atoms with Crippen molar-refractivity contribution < 1.29 is 28.8 Å². The molecule has 1 N–H and O–H groups in total. The maximum Gasteiger partial charge on any atom is 0.323 e. The highest BCUT2D eigenvalue weighted by Crippen LogP contribution is 2.62. The van der Waals surface area contributed by atoms with Gasteiger partial charge < -0.3 is 9.47 Å². The summed E-state index contributed by atoms with van der Waals surface area (Å²) in [5, 5.41) is 3.14. The lowest BCUT2D eigenvalue weighted by Gasteiger charge is -2.61. The van der Waals surface area contributed by atoms with Gasteiger partial charge in [0.25, 0.3) is 5.91 Å². The fourth-order valence-electron chi connectivity index (χ4n) is 5.67. The smallest absolute Gasteiger partial charge is 0.323 e. The Kier molecular flexibility index (Phi) is 3.04. The molecule has 24 heavy (non-hydrogen) atoms. The number of hydrogen-bond donors (Lipinski definition) is 1.